The molecule has 1 rings (SSSR count). The third-order valence-electron chi connectivity index (χ3n) is 4.04. The van der Waals surface area contributed by atoms with E-state index in [1.54, 1.807) is 12.1 Å². The lowest BCUT2D eigenvalue weighted by Gasteiger charge is -2.12. The summed E-state index contributed by atoms with van der Waals surface area (Å²) in [6.07, 6.45) is 11.6. The molecule has 0 aliphatic heterocycles. The second-order valence-electron chi connectivity index (χ2n) is 6.33. The van der Waals surface area contributed by atoms with Crippen LogP contribution in [0.2, 0.25) is 0 Å². The molecule has 6 nitrogen and oxygen atoms in total. The van der Waals surface area contributed by atoms with Crippen LogP contribution in [0.3, 0.4) is 0 Å². The van der Waals surface area contributed by atoms with Crippen LogP contribution in [0.4, 0.5) is 5.69 Å². The number of anilines is 1. The van der Waals surface area contributed by atoms with Crippen molar-refractivity contribution in [3.8, 4) is 0 Å². The van der Waals surface area contributed by atoms with E-state index in [1.165, 1.54) is 63.5 Å². The Bertz CT molecular complexity index is 619. The average Bonchev–Trinajstić information content (AvgIpc) is 2.61. The Balaban J connectivity index is 2.05. The Kier molecular flexibility index (Phi) is 11.2. The normalized spacial score (nSPS) is 11.2. The zero-order valence-corrected chi connectivity index (χ0v) is 17.1. The van der Waals surface area contributed by atoms with Crippen LogP contribution in [0, 0.1) is 0 Å². The van der Waals surface area contributed by atoms with Gasteiger partial charge in [-0.3, -0.25) is 15.4 Å². The first kappa shape index (κ1) is 22.7. The summed E-state index contributed by atoms with van der Waals surface area (Å²) in [6.45, 7) is 3.06. The van der Waals surface area contributed by atoms with Gasteiger partial charge in [-0.05, 0) is 42.9 Å². The smallest absolute Gasteiger partial charge is 0.294 e. The predicted octanol–water partition coefficient (Wildman–Crippen LogP) is 4.26. The van der Waals surface area contributed by atoms with Crippen LogP contribution in [0.5, 0.6) is 0 Å². The average molecular weight is 402 g/mol. The SMILES string of the molecule is CCCCCCCCCCCNC(=S)NNc1ccc(S(=O)(=O)O)cc1. The van der Waals surface area contributed by atoms with Crippen molar-refractivity contribution < 1.29 is 13.0 Å². The minimum Gasteiger partial charge on any atom is -0.361 e. The lowest BCUT2D eigenvalue weighted by atomic mass is 10.1. The molecule has 4 N–H and O–H groups in total. The van der Waals surface area contributed by atoms with Gasteiger partial charge in [-0.1, -0.05) is 58.3 Å². The highest BCUT2D eigenvalue weighted by atomic mass is 32.2. The van der Waals surface area contributed by atoms with E-state index in [2.05, 4.69) is 23.1 Å². The first-order chi connectivity index (χ1) is 12.4. The van der Waals surface area contributed by atoms with Gasteiger partial charge in [0.25, 0.3) is 10.1 Å². The molecule has 0 saturated heterocycles. The first-order valence-electron chi connectivity index (χ1n) is 9.31. The summed E-state index contributed by atoms with van der Waals surface area (Å²) in [5.41, 5.74) is 6.37. The minimum atomic E-state index is -4.17. The van der Waals surface area contributed by atoms with Gasteiger partial charge >= 0.3 is 0 Å². The lowest BCUT2D eigenvalue weighted by molar-refractivity contribution is 0.483. The molecule has 148 valence electrons. The fraction of sp³-hybridized carbons (Fsp3) is 0.611. The Hall–Kier alpha value is -1.38. The van der Waals surface area contributed by atoms with Crippen LogP contribution in [-0.4, -0.2) is 24.6 Å². The maximum Gasteiger partial charge on any atom is 0.294 e. The number of benzene rings is 1. The highest BCUT2D eigenvalue weighted by Gasteiger charge is 2.08. The zero-order chi connectivity index (χ0) is 19.3. The maximum atomic E-state index is 11.0. The van der Waals surface area contributed by atoms with Crippen molar-refractivity contribution in [3.05, 3.63) is 24.3 Å². The minimum absolute atomic E-state index is 0.144. The van der Waals surface area contributed by atoms with Crippen LogP contribution < -0.4 is 16.2 Å². The van der Waals surface area contributed by atoms with Gasteiger partial charge in [0.2, 0.25) is 0 Å². The summed E-state index contributed by atoms with van der Waals surface area (Å²) in [5, 5.41) is 3.62. The second-order valence-corrected chi connectivity index (χ2v) is 8.16. The second kappa shape index (κ2) is 12.9. The predicted molar refractivity (Wildman–Crippen MR) is 111 cm³/mol. The molecule has 8 heteroatoms. The van der Waals surface area contributed by atoms with Gasteiger partial charge in [-0.2, -0.15) is 8.42 Å². The van der Waals surface area contributed by atoms with Crippen molar-refractivity contribution >= 4 is 33.1 Å². The molecule has 0 bridgehead atoms. The highest BCUT2D eigenvalue weighted by molar-refractivity contribution is 7.85. The number of thiocarbonyl (C=S) groups is 1. The van der Waals surface area contributed by atoms with E-state index in [1.807, 2.05) is 0 Å². The molecular formula is C18H31N3O3S2. The quantitative estimate of drug-likeness (QED) is 0.170. The monoisotopic (exact) mass is 401 g/mol. The molecule has 1 aromatic carbocycles. The summed E-state index contributed by atoms with van der Waals surface area (Å²) in [7, 11) is -4.17. The van der Waals surface area contributed by atoms with Gasteiger partial charge in [0.15, 0.2) is 5.11 Å². The first-order valence-corrected chi connectivity index (χ1v) is 11.2. The fourth-order valence-corrected chi connectivity index (χ4v) is 3.15. The number of nitrogens with one attached hydrogen (secondary N) is 3. The molecule has 0 heterocycles. The Labute approximate surface area is 162 Å². The van der Waals surface area contributed by atoms with Gasteiger partial charge < -0.3 is 5.32 Å². The molecule has 0 amide bonds. The molecule has 0 aromatic heterocycles. The van der Waals surface area contributed by atoms with Gasteiger partial charge in [-0.15, -0.1) is 0 Å². The number of hydrogen-bond acceptors (Lipinski definition) is 4. The lowest BCUT2D eigenvalue weighted by Crippen LogP contribution is -2.39. The Morgan fingerprint density at radius 1 is 0.962 bits per heavy atom. The number of rotatable bonds is 13. The molecule has 0 fully saturated rings. The molecule has 0 aliphatic carbocycles. The van der Waals surface area contributed by atoms with E-state index >= 15 is 0 Å². The van der Waals surface area contributed by atoms with E-state index in [0.717, 1.165) is 13.0 Å². The van der Waals surface area contributed by atoms with Crippen LogP contribution in [0.1, 0.15) is 64.7 Å². The van der Waals surface area contributed by atoms with E-state index in [-0.39, 0.29) is 4.90 Å². The van der Waals surface area contributed by atoms with Gasteiger partial charge in [0.05, 0.1) is 10.6 Å². The molecule has 0 radical (unpaired) electrons. The molecule has 0 unspecified atom stereocenters. The van der Waals surface area contributed by atoms with E-state index < -0.39 is 10.1 Å². The van der Waals surface area contributed by atoms with E-state index in [0.29, 0.717) is 10.8 Å². The third-order valence-corrected chi connectivity index (χ3v) is 5.15. The molecule has 0 saturated carbocycles. The topological polar surface area (TPSA) is 90.5 Å². The van der Waals surface area contributed by atoms with Crippen molar-refractivity contribution in [1.29, 1.82) is 0 Å². The van der Waals surface area contributed by atoms with Gasteiger partial charge in [-0.25, -0.2) is 0 Å². The molecule has 0 spiro atoms. The van der Waals surface area contributed by atoms with Crippen LogP contribution in [-0.2, 0) is 10.1 Å². The summed E-state index contributed by atoms with van der Waals surface area (Å²) in [6, 6.07) is 5.72. The summed E-state index contributed by atoms with van der Waals surface area (Å²) in [4.78, 5) is -0.144. The largest absolute Gasteiger partial charge is 0.361 e. The molecule has 26 heavy (non-hydrogen) atoms. The Morgan fingerprint density at radius 3 is 2.04 bits per heavy atom. The Morgan fingerprint density at radius 2 is 1.50 bits per heavy atom. The third kappa shape index (κ3) is 10.6. The fourth-order valence-electron chi connectivity index (χ4n) is 2.52. The van der Waals surface area contributed by atoms with Crippen molar-refractivity contribution in [2.75, 3.05) is 12.0 Å². The highest BCUT2D eigenvalue weighted by Crippen LogP contribution is 2.12. The summed E-state index contributed by atoms with van der Waals surface area (Å²) >= 11 is 5.18. The van der Waals surface area contributed by atoms with E-state index in [9.17, 15) is 8.42 Å². The molecular weight excluding hydrogens is 370 g/mol. The maximum absolute atomic E-state index is 11.0. The van der Waals surface area contributed by atoms with Gasteiger partial charge in [0, 0.05) is 6.54 Å². The van der Waals surface area contributed by atoms with Gasteiger partial charge in [0.1, 0.15) is 0 Å². The summed E-state index contributed by atoms with van der Waals surface area (Å²) < 4.78 is 30.9. The zero-order valence-electron chi connectivity index (χ0n) is 15.5. The van der Waals surface area contributed by atoms with Crippen molar-refractivity contribution in [2.24, 2.45) is 0 Å². The van der Waals surface area contributed by atoms with Crippen LogP contribution in [0.25, 0.3) is 0 Å². The van der Waals surface area contributed by atoms with Crippen molar-refractivity contribution in [3.63, 3.8) is 0 Å². The number of hydrogen-bond donors (Lipinski definition) is 4. The van der Waals surface area contributed by atoms with E-state index in [4.69, 9.17) is 16.8 Å². The molecule has 0 atom stereocenters. The summed E-state index contributed by atoms with van der Waals surface area (Å²) in [5.74, 6) is 0. The van der Waals surface area contributed by atoms with Crippen LogP contribution in [0.15, 0.2) is 29.2 Å². The number of unbranched alkanes of at least 4 members (excludes halogenated alkanes) is 8. The molecule has 1 aromatic rings. The van der Waals surface area contributed by atoms with Crippen molar-refractivity contribution in [1.82, 2.24) is 10.7 Å². The molecule has 0 aliphatic rings. The van der Waals surface area contributed by atoms with Crippen LogP contribution >= 0.6 is 12.2 Å². The number of hydrazine groups is 1. The standard InChI is InChI=1S/C18H31N3O3S2/c1-2-3-4-5-6-7-8-9-10-15-19-18(25)21-20-16-11-13-17(14-12-16)26(22,23)24/h11-14,20H,2-10,15H2,1H3,(H2,19,21,25)(H,22,23,24). The van der Waals surface area contributed by atoms with Crippen molar-refractivity contribution in [2.45, 2.75) is 69.6 Å².